The number of benzene rings is 2. The first-order valence-corrected chi connectivity index (χ1v) is 9.02. The van der Waals surface area contributed by atoms with Gasteiger partial charge in [-0.15, -0.1) is 0 Å². The molecule has 0 fully saturated rings. The summed E-state index contributed by atoms with van der Waals surface area (Å²) in [5, 5.41) is 2.35. The monoisotopic (exact) mass is 370 g/mol. The molecule has 0 saturated heterocycles. The highest BCUT2D eigenvalue weighted by Crippen LogP contribution is 2.19. The number of hydrogen-bond donors (Lipinski definition) is 2. The summed E-state index contributed by atoms with van der Waals surface area (Å²) < 4.78 is 39.5. The number of amides is 1. The fourth-order valence-electron chi connectivity index (χ4n) is 2.03. The van der Waals surface area contributed by atoms with Crippen LogP contribution in [-0.2, 0) is 21.2 Å². The van der Waals surface area contributed by atoms with E-state index >= 15 is 0 Å². The van der Waals surface area contributed by atoms with Crippen LogP contribution in [0.1, 0.15) is 12.5 Å². The second-order valence-corrected chi connectivity index (χ2v) is 7.13. The molecule has 2 N–H and O–H groups in total. The number of carbonyl (C=O) groups is 1. The van der Waals surface area contributed by atoms with Crippen molar-refractivity contribution >= 4 is 33.2 Å². The Balaban J connectivity index is 2.03. The summed E-state index contributed by atoms with van der Waals surface area (Å²) in [6, 6.07) is 10.3. The Morgan fingerprint density at radius 1 is 1.21 bits per heavy atom. The lowest BCUT2D eigenvalue weighted by Crippen LogP contribution is -2.33. The maximum Gasteiger partial charge on any atom is 0.241 e. The SMILES string of the molecule is CCc1ccccc1NC(=O)CNS(=O)(=O)c1ccc(F)c(Cl)c1. The number of aryl methyl sites for hydroxylation is 1. The van der Waals surface area contributed by atoms with Crippen LogP contribution < -0.4 is 10.0 Å². The number of rotatable bonds is 6. The van der Waals surface area contributed by atoms with Gasteiger partial charge in [0.1, 0.15) is 5.82 Å². The van der Waals surface area contributed by atoms with E-state index in [1.54, 1.807) is 12.1 Å². The van der Waals surface area contributed by atoms with Crippen molar-refractivity contribution in [1.82, 2.24) is 4.72 Å². The van der Waals surface area contributed by atoms with Crippen molar-refractivity contribution in [2.24, 2.45) is 0 Å². The van der Waals surface area contributed by atoms with Crippen molar-refractivity contribution in [1.29, 1.82) is 0 Å². The highest BCUT2D eigenvalue weighted by molar-refractivity contribution is 7.89. The topological polar surface area (TPSA) is 75.3 Å². The average molecular weight is 371 g/mol. The predicted molar refractivity (Wildman–Crippen MR) is 91.0 cm³/mol. The normalized spacial score (nSPS) is 11.3. The number of carbonyl (C=O) groups excluding carboxylic acids is 1. The lowest BCUT2D eigenvalue weighted by molar-refractivity contribution is -0.115. The van der Waals surface area contributed by atoms with E-state index in [-0.39, 0.29) is 9.92 Å². The number of nitrogens with one attached hydrogen (secondary N) is 2. The molecule has 0 heterocycles. The third-order valence-electron chi connectivity index (χ3n) is 3.30. The molecule has 0 bridgehead atoms. The Morgan fingerprint density at radius 3 is 2.58 bits per heavy atom. The van der Waals surface area contributed by atoms with E-state index < -0.39 is 28.3 Å². The van der Waals surface area contributed by atoms with Crippen LogP contribution in [-0.4, -0.2) is 20.9 Å². The molecule has 0 aliphatic carbocycles. The molecule has 0 spiro atoms. The molecule has 0 aliphatic heterocycles. The third kappa shape index (κ3) is 4.53. The molecule has 0 aromatic heterocycles. The zero-order valence-corrected chi connectivity index (χ0v) is 14.4. The van der Waals surface area contributed by atoms with E-state index in [9.17, 15) is 17.6 Å². The summed E-state index contributed by atoms with van der Waals surface area (Å²) in [6.07, 6.45) is 0.732. The van der Waals surface area contributed by atoms with Gasteiger partial charge >= 0.3 is 0 Å². The van der Waals surface area contributed by atoms with E-state index in [0.717, 1.165) is 30.2 Å². The molecule has 0 saturated carbocycles. The van der Waals surface area contributed by atoms with E-state index in [1.807, 2.05) is 19.1 Å². The smallest absolute Gasteiger partial charge is 0.241 e. The molecule has 0 aliphatic rings. The van der Waals surface area contributed by atoms with Crippen molar-refractivity contribution < 1.29 is 17.6 Å². The summed E-state index contributed by atoms with van der Waals surface area (Å²) in [5.41, 5.74) is 1.58. The molecule has 0 atom stereocenters. The van der Waals surface area contributed by atoms with Gasteiger partial charge in [-0.25, -0.2) is 17.5 Å². The summed E-state index contributed by atoms with van der Waals surface area (Å²) in [6.45, 7) is 1.50. The van der Waals surface area contributed by atoms with Crippen molar-refractivity contribution in [2.75, 3.05) is 11.9 Å². The lowest BCUT2D eigenvalue weighted by Gasteiger charge is -2.11. The quantitative estimate of drug-likeness (QED) is 0.820. The first-order valence-electron chi connectivity index (χ1n) is 7.16. The first-order chi connectivity index (χ1) is 11.3. The maximum atomic E-state index is 13.1. The van der Waals surface area contributed by atoms with Gasteiger partial charge in [0.2, 0.25) is 15.9 Å². The fourth-order valence-corrected chi connectivity index (χ4v) is 3.29. The minimum absolute atomic E-state index is 0.212. The molecule has 1 amide bonds. The van der Waals surface area contributed by atoms with Gasteiger partial charge < -0.3 is 5.32 Å². The highest BCUT2D eigenvalue weighted by Gasteiger charge is 2.17. The number of anilines is 1. The molecule has 0 radical (unpaired) electrons. The standard InChI is InChI=1S/C16H16ClFN2O3S/c1-2-11-5-3-4-6-15(11)20-16(21)10-19-24(22,23)12-7-8-14(18)13(17)9-12/h3-9,19H,2,10H2,1H3,(H,20,21). The van der Waals surface area contributed by atoms with Crippen LogP contribution in [0.2, 0.25) is 5.02 Å². The van der Waals surface area contributed by atoms with Crippen LogP contribution in [0.3, 0.4) is 0 Å². The van der Waals surface area contributed by atoms with Gasteiger partial charge in [0, 0.05) is 5.69 Å². The number of sulfonamides is 1. The Hall–Kier alpha value is -1.96. The summed E-state index contributed by atoms with van der Waals surface area (Å²) >= 11 is 5.58. The van der Waals surface area contributed by atoms with Gasteiger partial charge in [0.25, 0.3) is 0 Å². The molecular weight excluding hydrogens is 355 g/mol. The van der Waals surface area contributed by atoms with Crippen molar-refractivity contribution in [3.05, 3.63) is 58.9 Å². The molecule has 128 valence electrons. The molecule has 0 unspecified atom stereocenters. The van der Waals surface area contributed by atoms with Gasteiger partial charge in [-0.05, 0) is 36.2 Å². The van der Waals surface area contributed by atoms with Crippen LogP contribution in [0, 0.1) is 5.82 Å². The van der Waals surface area contributed by atoms with Crippen molar-refractivity contribution in [3.8, 4) is 0 Å². The Bertz CT molecular complexity index is 856. The van der Waals surface area contributed by atoms with E-state index in [0.29, 0.717) is 5.69 Å². The second kappa shape index (κ2) is 7.74. The van der Waals surface area contributed by atoms with Crippen LogP contribution >= 0.6 is 11.6 Å². The largest absolute Gasteiger partial charge is 0.325 e. The maximum absolute atomic E-state index is 13.1. The highest BCUT2D eigenvalue weighted by atomic mass is 35.5. The number of para-hydroxylation sites is 1. The molecule has 2 rings (SSSR count). The van der Waals surface area contributed by atoms with Crippen molar-refractivity contribution in [2.45, 2.75) is 18.2 Å². The predicted octanol–water partition coefficient (Wildman–Crippen LogP) is 2.96. The van der Waals surface area contributed by atoms with Gasteiger partial charge in [0.15, 0.2) is 0 Å². The first kappa shape index (κ1) is 18.4. The van der Waals surface area contributed by atoms with E-state index in [4.69, 9.17) is 11.6 Å². The van der Waals surface area contributed by atoms with Crippen LogP contribution in [0.15, 0.2) is 47.4 Å². The molecule has 2 aromatic carbocycles. The Kier molecular flexibility index (Phi) is 5.93. The summed E-state index contributed by atoms with van der Waals surface area (Å²) in [5.74, 6) is -1.22. The number of halogens is 2. The second-order valence-electron chi connectivity index (χ2n) is 4.96. The van der Waals surface area contributed by atoms with Gasteiger partial charge in [0.05, 0.1) is 16.5 Å². The Morgan fingerprint density at radius 2 is 1.92 bits per heavy atom. The van der Waals surface area contributed by atoms with Crippen LogP contribution in [0.4, 0.5) is 10.1 Å². The Labute approximate surface area is 144 Å². The summed E-state index contributed by atoms with van der Waals surface area (Å²) in [4.78, 5) is 11.7. The minimum Gasteiger partial charge on any atom is -0.325 e. The molecule has 5 nitrogen and oxygen atoms in total. The van der Waals surface area contributed by atoms with Gasteiger partial charge in [-0.3, -0.25) is 4.79 Å². The van der Waals surface area contributed by atoms with Crippen LogP contribution in [0.25, 0.3) is 0 Å². The van der Waals surface area contributed by atoms with Crippen molar-refractivity contribution in [3.63, 3.8) is 0 Å². The summed E-state index contributed by atoms with van der Waals surface area (Å²) in [7, 11) is -3.96. The van der Waals surface area contributed by atoms with Gasteiger partial charge in [-0.1, -0.05) is 36.7 Å². The lowest BCUT2D eigenvalue weighted by atomic mass is 10.1. The molecule has 8 heteroatoms. The average Bonchev–Trinajstić information content (AvgIpc) is 2.56. The van der Waals surface area contributed by atoms with E-state index in [1.165, 1.54) is 0 Å². The van der Waals surface area contributed by atoms with E-state index in [2.05, 4.69) is 10.0 Å². The van der Waals surface area contributed by atoms with Gasteiger partial charge in [-0.2, -0.15) is 0 Å². The fraction of sp³-hybridized carbons (Fsp3) is 0.188. The minimum atomic E-state index is -3.96. The zero-order chi connectivity index (χ0) is 17.7. The molecular formula is C16H16ClFN2O3S. The zero-order valence-electron chi connectivity index (χ0n) is 12.8. The third-order valence-corrected chi connectivity index (χ3v) is 4.99. The molecule has 24 heavy (non-hydrogen) atoms. The number of hydrogen-bond acceptors (Lipinski definition) is 3. The van der Waals surface area contributed by atoms with Crippen LogP contribution in [0.5, 0.6) is 0 Å². The molecule has 2 aromatic rings.